The van der Waals surface area contributed by atoms with Crippen molar-refractivity contribution in [3.63, 3.8) is 0 Å². The third-order valence-corrected chi connectivity index (χ3v) is 5.57. The van der Waals surface area contributed by atoms with Crippen LogP contribution in [0.5, 0.6) is 0 Å². The zero-order valence-corrected chi connectivity index (χ0v) is 18.9. The number of anilines is 1. The average molecular weight is 436 g/mol. The van der Waals surface area contributed by atoms with Crippen LogP contribution in [0.25, 0.3) is 0 Å². The smallest absolute Gasteiger partial charge is 0.243 e. The van der Waals surface area contributed by atoms with E-state index in [-0.39, 0.29) is 30.9 Å². The van der Waals surface area contributed by atoms with Crippen LogP contribution in [0.4, 0.5) is 5.69 Å². The lowest BCUT2D eigenvalue weighted by atomic mass is 10.1. The Morgan fingerprint density at radius 2 is 1.66 bits per heavy atom. The Balaban J connectivity index is 1.94. The maximum Gasteiger partial charge on any atom is 0.243 e. The highest BCUT2D eigenvalue weighted by atomic mass is 35.5. The first-order chi connectivity index (χ1) is 13.6. The van der Waals surface area contributed by atoms with Gasteiger partial charge in [-0.1, -0.05) is 47.5 Å². The minimum atomic E-state index is -0.227. The minimum Gasteiger partial charge on any atom is -0.335 e. The summed E-state index contributed by atoms with van der Waals surface area (Å²) in [6.07, 6.45) is 0. The number of aryl methyl sites for hydroxylation is 2. The van der Waals surface area contributed by atoms with Gasteiger partial charge in [0.05, 0.1) is 13.1 Å². The Hall–Kier alpha value is -2.08. The van der Waals surface area contributed by atoms with E-state index in [1.807, 2.05) is 57.0 Å². The van der Waals surface area contributed by atoms with Crippen LogP contribution >= 0.6 is 23.2 Å². The summed E-state index contributed by atoms with van der Waals surface area (Å²) in [6.45, 7) is 5.99. The molecule has 0 heterocycles. The number of halogens is 2. The number of para-hydroxylation sites is 1. The molecule has 2 amide bonds. The zero-order valence-electron chi connectivity index (χ0n) is 17.4. The fourth-order valence-electron chi connectivity index (χ4n) is 3.04. The van der Waals surface area contributed by atoms with E-state index >= 15 is 0 Å². The van der Waals surface area contributed by atoms with Gasteiger partial charge in [0.2, 0.25) is 11.8 Å². The Morgan fingerprint density at radius 3 is 2.24 bits per heavy atom. The molecular weight excluding hydrogens is 409 g/mol. The van der Waals surface area contributed by atoms with Crippen LogP contribution in [0, 0.1) is 13.8 Å². The van der Waals surface area contributed by atoms with Gasteiger partial charge >= 0.3 is 0 Å². The molecule has 2 aromatic rings. The van der Waals surface area contributed by atoms with Gasteiger partial charge in [-0.25, -0.2) is 0 Å². The molecule has 0 aromatic heterocycles. The van der Waals surface area contributed by atoms with Gasteiger partial charge in [0.1, 0.15) is 0 Å². The molecule has 1 atom stereocenters. The summed E-state index contributed by atoms with van der Waals surface area (Å²) in [6, 6.07) is 11.1. The van der Waals surface area contributed by atoms with Crippen LogP contribution in [0.15, 0.2) is 36.4 Å². The highest BCUT2D eigenvalue weighted by Gasteiger charge is 2.20. The van der Waals surface area contributed by atoms with Crippen molar-refractivity contribution in [2.45, 2.75) is 26.8 Å². The number of nitrogens with one attached hydrogen (secondary N) is 1. The highest BCUT2D eigenvalue weighted by molar-refractivity contribution is 6.35. The fourth-order valence-corrected chi connectivity index (χ4v) is 3.61. The predicted molar refractivity (Wildman–Crippen MR) is 120 cm³/mol. The third kappa shape index (κ3) is 6.20. The van der Waals surface area contributed by atoms with Crippen molar-refractivity contribution in [3.05, 3.63) is 63.1 Å². The lowest BCUT2D eigenvalue weighted by Gasteiger charge is -2.27. The number of amides is 2. The summed E-state index contributed by atoms with van der Waals surface area (Å²) in [7, 11) is 3.47. The molecular formula is C22H27Cl2N3O2. The predicted octanol–water partition coefficient (Wildman–Crippen LogP) is 4.70. The van der Waals surface area contributed by atoms with Crippen LogP contribution in [-0.4, -0.2) is 48.8 Å². The lowest BCUT2D eigenvalue weighted by Crippen LogP contribution is -2.41. The first kappa shape index (κ1) is 23.2. The molecule has 1 N–H and O–H groups in total. The number of benzene rings is 2. The molecule has 0 aliphatic heterocycles. The largest absolute Gasteiger partial charge is 0.335 e. The SMILES string of the molecule is Cc1cccc(C)c1NC(=O)CN(C)C(=O)CN(C)C(C)c1ccc(Cl)cc1Cl. The van der Waals surface area contributed by atoms with Gasteiger partial charge in [-0.15, -0.1) is 0 Å². The van der Waals surface area contributed by atoms with E-state index in [0.717, 1.165) is 22.4 Å². The van der Waals surface area contributed by atoms with Crippen molar-refractivity contribution in [1.29, 1.82) is 0 Å². The summed E-state index contributed by atoms with van der Waals surface area (Å²) in [4.78, 5) is 28.3. The molecule has 5 nitrogen and oxygen atoms in total. The number of nitrogens with zero attached hydrogens (tertiary/aromatic N) is 2. The molecule has 0 saturated carbocycles. The first-order valence-corrected chi connectivity index (χ1v) is 10.1. The van der Waals surface area contributed by atoms with Crippen molar-refractivity contribution >= 4 is 40.7 Å². The second kappa shape index (κ2) is 10.1. The molecule has 0 fully saturated rings. The minimum absolute atomic E-state index is 0.0173. The summed E-state index contributed by atoms with van der Waals surface area (Å²) in [5.74, 6) is -0.379. The second-order valence-corrected chi connectivity index (χ2v) is 8.17. The monoisotopic (exact) mass is 435 g/mol. The molecule has 29 heavy (non-hydrogen) atoms. The lowest BCUT2D eigenvalue weighted by molar-refractivity contribution is -0.134. The first-order valence-electron chi connectivity index (χ1n) is 9.35. The number of carbonyl (C=O) groups excluding carboxylic acids is 2. The molecule has 0 bridgehead atoms. The van der Waals surface area contributed by atoms with E-state index in [2.05, 4.69) is 5.32 Å². The maximum atomic E-state index is 12.6. The number of carbonyl (C=O) groups is 2. The van der Waals surface area contributed by atoms with Crippen molar-refractivity contribution in [2.24, 2.45) is 0 Å². The van der Waals surface area contributed by atoms with Crippen molar-refractivity contribution < 1.29 is 9.59 Å². The van der Waals surface area contributed by atoms with Gasteiger partial charge in [-0.2, -0.15) is 0 Å². The molecule has 0 aliphatic rings. The van der Waals surface area contributed by atoms with Crippen molar-refractivity contribution in [3.8, 4) is 0 Å². The van der Waals surface area contributed by atoms with Gasteiger partial charge in [0.25, 0.3) is 0 Å². The van der Waals surface area contributed by atoms with E-state index in [4.69, 9.17) is 23.2 Å². The standard InChI is InChI=1S/C22H27Cl2N3O2/c1-14-7-6-8-15(2)22(14)25-20(28)12-27(5)21(29)13-26(4)16(3)18-10-9-17(23)11-19(18)24/h6-11,16H,12-13H2,1-5H3,(H,25,28). The Morgan fingerprint density at radius 1 is 1.03 bits per heavy atom. The number of hydrogen-bond acceptors (Lipinski definition) is 3. The van der Waals surface area contributed by atoms with Crippen LogP contribution < -0.4 is 5.32 Å². The van der Waals surface area contributed by atoms with Gasteiger partial charge in [0, 0.05) is 28.8 Å². The quantitative estimate of drug-likeness (QED) is 0.685. The average Bonchev–Trinajstić information content (AvgIpc) is 2.64. The molecule has 0 spiro atoms. The Labute approximate surface area is 182 Å². The van der Waals surface area contributed by atoms with Gasteiger partial charge in [-0.05, 0) is 56.6 Å². The Bertz CT molecular complexity index is 881. The van der Waals surface area contributed by atoms with Crippen LogP contribution in [0.1, 0.15) is 29.7 Å². The summed E-state index contributed by atoms with van der Waals surface area (Å²) in [5, 5.41) is 4.03. The van der Waals surface area contributed by atoms with Gasteiger partial charge in [-0.3, -0.25) is 14.5 Å². The summed E-state index contributed by atoms with van der Waals surface area (Å²) in [5.41, 5.74) is 3.66. The van der Waals surface area contributed by atoms with Crippen LogP contribution in [-0.2, 0) is 9.59 Å². The fraction of sp³-hybridized carbons (Fsp3) is 0.364. The molecule has 1 unspecified atom stereocenters. The molecule has 2 rings (SSSR count). The summed E-state index contributed by atoms with van der Waals surface area (Å²) < 4.78 is 0. The van der Waals surface area contributed by atoms with E-state index in [1.54, 1.807) is 19.2 Å². The topological polar surface area (TPSA) is 52.7 Å². The maximum absolute atomic E-state index is 12.6. The van der Waals surface area contributed by atoms with Gasteiger partial charge < -0.3 is 10.2 Å². The molecule has 7 heteroatoms. The van der Waals surface area contributed by atoms with E-state index in [1.165, 1.54) is 4.90 Å². The molecule has 0 radical (unpaired) electrons. The zero-order chi connectivity index (χ0) is 21.7. The molecule has 0 saturated heterocycles. The molecule has 2 aromatic carbocycles. The van der Waals surface area contributed by atoms with Crippen molar-refractivity contribution in [2.75, 3.05) is 32.5 Å². The van der Waals surface area contributed by atoms with E-state index in [0.29, 0.717) is 10.0 Å². The number of rotatable bonds is 7. The molecule has 0 aliphatic carbocycles. The second-order valence-electron chi connectivity index (χ2n) is 7.32. The van der Waals surface area contributed by atoms with E-state index < -0.39 is 0 Å². The Kier molecular flexibility index (Phi) is 8.08. The van der Waals surface area contributed by atoms with Crippen LogP contribution in [0.3, 0.4) is 0 Å². The number of likely N-dealkylation sites (N-methyl/N-ethyl adjacent to an activating group) is 2. The van der Waals surface area contributed by atoms with Crippen molar-refractivity contribution in [1.82, 2.24) is 9.80 Å². The van der Waals surface area contributed by atoms with E-state index in [9.17, 15) is 9.59 Å². The molecule has 156 valence electrons. The van der Waals surface area contributed by atoms with Gasteiger partial charge in [0.15, 0.2) is 0 Å². The summed E-state index contributed by atoms with van der Waals surface area (Å²) >= 11 is 12.2. The number of hydrogen-bond donors (Lipinski definition) is 1. The highest BCUT2D eigenvalue weighted by Crippen LogP contribution is 2.29. The van der Waals surface area contributed by atoms with Crippen LogP contribution in [0.2, 0.25) is 10.0 Å². The normalized spacial score (nSPS) is 12.0. The third-order valence-electron chi connectivity index (χ3n) is 5.01.